The molecule has 2 aliphatic heterocycles. The minimum absolute atomic E-state index is 0.143. The minimum atomic E-state index is -3.67. The molecule has 1 amide bonds. The number of carbonyl (C=O) groups excluding carboxylic acids is 2. The fraction of sp³-hybridized carbons (Fsp3) is 0.318. The van der Waals surface area contributed by atoms with Crippen LogP contribution in [0.15, 0.2) is 52.4 Å². The summed E-state index contributed by atoms with van der Waals surface area (Å²) in [6.45, 7) is 4.63. The molecule has 32 heavy (non-hydrogen) atoms. The molecule has 2 aromatic rings. The third kappa shape index (κ3) is 4.10. The molecule has 2 heterocycles. The van der Waals surface area contributed by atoms with Gasteiger partial charge in [-0.05, 0) is 44.2 Å². The number of hydrogen-bond donors (Lipinski definition) is 1. The Hall–Kier alpha value is -3.27. The van der Waals surface area contributed by atoms with Crippen molar-refractivity contribution in [2.45, 2.75) is 24.8 Å². The zero-order valence-corrected chi connectivity index (χ0v) is 18.5. The number of fused-ring (bicyclic) bond motifs is 1. The van der Waals surface area contributed by atoms with Gasteiger partial charge in [0.2, 0.25) is 5.91 Å². The van der Waals surface area contributed by atoms with Gasteiger partial charge in [-0.1, -0.05) is 12.1 Å². The number of halogens is 1. The molecule has 0 spiro atoms. The Morgan fingerprint density at radius 3 is 2.44 bits per heavy atom. The second kappa shape index (κ2) is 8.34. The van der Waals surface area contributed by atoms with Crippen LogP contribution in [0.25, 0.3) is 0 Å². The van der Waals surface area contributed by atoms with E-state index < -0.39 is 21.9 Å². The third-order valence-electron chi connectivity index (χ3n) is 5.63. The van der Waals surface area contributed by atoms with Crippen molar-refractivity contribution in [2.75, 3.05) is 31.1 Å². The average molecular weight is 459 g/mol. The first-order chi connectivity index (χ1) is 15.2. The molecule has 0 bridgehead atoms. The summed E-state index contributed by atoms with van der Waals surface area (Å²) in [4.78, 5) is 32.3. The van der Waals surface area contributed by atoms with Crippen LogP contribution in [0.3, 0.4) is 0 Å². The molecule has 1 N–H and O–H groups in total. The van der Waals surface area contributed by atoms with E-state index in [4.69, 9.17) is 0 Å². The Morgan fingerprint density at radius 1 is 1.09 bits per heavy atom. The highest BCUT2D eigenvalue weighted by molar-refractivity contribution is 7.90. The summed E-state index contributed by atoms with van der Waals surface area (Å²) in [6, 6.07) is 10.1. The number of ketones is 1. The van der Waals surface area contributed by atoms with E-state index in [0.717, 1.165) is 0 Å². The van der Waals surface area contributed by atoms with Gasteiger partial charge in [0.25, 0.3) is 10.0 Å². The molecule has 8 nitrogen and oxygen atoms in total. The summed E-state index contributed by atoms with van der Waals surface area (Å²) < 4.78 is 41.3. The van der Waals surface area contributed by atoms with Crippen LogP contribution in [0, 0.1) is 5.82 Å². The lowest BCUT2D eigenvalue weighted by Gasteiger charge is -2.37. The lowest BCUT2D eigenvalue weighted by Crippen LogP contribution is -2.51. The number of anilines is 1. The Morgan fingerprint density at radius 2 is 1.78 bits per heavy atom. The van der Waals surface area contributed by atoms with Gasteiger partial charge in [0.05, 0.1) is 10.6 Å². The molecule has 4 rings (SSSR count). The molecule has 168 valence electrons. The summed E-state index contributed by atoms with van der Waals surface area (Å²) in [6.07, 6.45) is 0. The van der Waals surface area contributed by atoms with E-state index >= 15 is 0 Å². The fourth-order valence-corrected chi connectivity index (χ4v) is 5.13. The summed E-state index contributed by atoms with van der Waals surface area (Å²) in [5.41, 5.74) is 1.16. The Labute approximate surface area is 185 Å². The Kier molecular flexibility index (Phi) is 5.72. The Bertz CT molecular complexity index is 1220. The van der Waals surface area contributed by atoms with Crippen molar-refractivity contribution in [2.24, 2.45) is 4.99 Å². The number of piperazine rings is 1. The van der Waals surface area contributed by atoms with Crippen molar-refractivity contribution in [3.8, 4) is 0 Å². The van der Waals surface area contributed by atoms with Crippen LogP contribution in [0.1, 0.15) is 29.8 Å². The lowest BCUT2D eigenvalue weighted by atomic mass is 10.1. The molecular formula is C22H23FN4O4S. The highest BCUT2D eigenvalue weighted by Crippen LogP contribution is 2.24. The first-order valence-electron chi connectivity index (χ1n) is 10.2. The quantitative estimate of drug-likeness (QED) is 0.705. The number of amides is 1. The van der Waals surface area contributed by atoms with E-state index in [9.17, 15) is 22.4 Å². The monoisotopic (exact) mass is 458 g/mol. The second-order valence-electron chi connectivity index (χ2n) is 7.79. The van der Waals surface area contributed by atoms with E-state index in [0.29, 0.717) is 43.0 Å². The molecule has 2 aromatic carbocycles. The van der Waals surface area contributed by atoms with Crippen LogP contribution in [0.4, 0.5) is 10.1 Å². The SMILES string of the molecule is CC(=O)c1ccc(N2CCN(C(=O)[C@H](C)N=C3NS(=O)(=O)c4ccccc43)CC2)c(F)c1. The number of hydrogen-bond acceptors (Lipinski definition) is 6. The molecule has 10 heteroatoms. The fourth-order valence-electron chi connectivity index (χ4n) is 3.89. The first-order valence-corrected chi connectivity index (χ1v) is 11.7. The second-order valence-corrected chi connectivity index (χ2v) is 9.44. The number of nitrogens with zero attached hydrogens (tertiary/aromatic N) is 3. The molecule has 0 radical (unpaired) electrons. The number of sulfonamides is 1. The van der Waals surface area contributed by atoms with Crippen LogP contribution in [-0.4, -0.2) is 63.1 Å². The van der Waals surface area contributed by atoms with Crippen molar-refractivity contribution < 1.29 is 22.4 Å². The van der Waals surface area contributed by atoms with Gasteiger partial charge < -0.3 is 9.80 Å². The molecule has 0 aromatic heterocycles. The normalized spacial score (nSPS) is 19.4. The molecule has 0 saturated carbocycles. The summed E-state index contributed by atoms with van der Waals surface area (Å²) >= 11 is 0. The highest BCUT2D eigenvalue weighted by atomic mass is 32.2. The van der Waals surface area contributed by atoms with Gasteiger partial charge in [-0.2, -0.15) is 0 Å². The average Bonchev–Trinajstić information content (AvgIpc) is 3.03. The predicted molar refractivity (Wildman–Crippen MR) is 118 cm³/mol. The number of aliphatic imine (C=N–C) groups is 1. The Balaban J connectivity index is 1.43. The largest absolute Gasteiger partial charge is 0.366 e. The molecule has 1 fully saturated rings. The summed E-state index contributed by atoms with van der Waals surface area (Å²) in [5.74, 6) is -0.737. The van der Waals surface area contributed by atoms with Crippen LogP contribution in [-0.2, 0) is 14.8 Å². The summed E-state index contributed by atoms with van der Waals surface area (Å²) in [5, 5.41) is 0. The maximum atomic E-state index is 14.4. The number of amidine groups is 1. The first kappa shape index (κ1) is 21.9. The van der Waals surface area contributed by atoms with E-state index in [1.165, 1.54) is 19.1 Å². The maximum Gasteiger partial charge on any atom is 0.263 e. The standard InChI is InChI=1S/C22H23FN4O4S/c1-14(24-21-17-5-3-4-6-20(17)32(30,31)25-21)22(29)27-11-9-26(10-12-27)19-8-7-16(15(2)28)13-18(19)23/h3-8,13-14H,9-12H2,1-2H3,(H,24,25)/t14-/m0/s1. The topological polar surface area (TPSA) is 99.2 Å². The number of benzene rings is 2. The van der Waals surface area contributed by atoms with Crippen molar-refractivity contribution in [1.29, 1.82) is 0 Å². The highest BCUT2D eigenvalue weighted by Gasteiger charge is 2.32. The van der Waals surface area contributed by atoms with E-state index in [-0.39, 0.29) is 22.4 Å². The zero-order valence-electron chi connectivity index (χ0n) is 17.7. The lowest BCUT2D eigenvalue weighted by molar-refractivity contribution is -0.132. The van der Waals surface area contributed by atoms with Gasteiger partial charge in [-0.3, -0.25) is 19.3 Å². The number of carbonyl (C=O) groups is 2. The van der Waals surface area contributed by atoms with Gasteiger partial charge in [-0.25, -0.2) is 12.8 Å². The van der Waals surface area contributed by atoms with Crippen LogP contribution in [0.5, 0.6) is 0 Å². The van der Waals surface area contributed by atoms with Crippen molar-refractivity contribution in [3.05, 3.63) is 59.4 Å². The molecule has 1 atom stereocenters. The van der Waals surface area contributed by atoms with Gasteiger partial charge in [0.1, 0.15) is 17.7 Å². The molecule has 2 aliphatic rings. The van der Waals surface area contributed by atoms with Gasteiger partial charge in [-0.15, -0.1) is 0 Å². The van der Waals surface area contributed by atoms with E-state index in [2.05, 4.69) is 9.71 Å². The molecule has 0 aliphatic carbocycles. The predicted octanol–water partition coefficient (Wildman–Crippen LogP) is 1.80. The number of nitrogens with one attached hydrogen (secondary N) is 1. The van der Waals surface area contributed by atoms with E-state index in [1.807, 2.05) is 4.90 Å². The van der Waals surface area contributed by atoms with Crippen LogP contribution < -0.4 is 9.62 Å². The summed E-state index contributed by atoms with van der Waals surface area (Å²) in [7, 11) is -3.67. The number of rotatable bonds is 4. The van der Waals surface area contributed by atoms with Crippen molar-refractivity contribution >= 4 is 33.2 Å². The van der Waals surface area contributed by atoms with Gasteiger partial charge >= 0.3 is 0 Å². The van der Waals surface area contributed by atoms with Crippen molar-refractivity contribution in [1.82, 2.24) is 9.62 Å². The van der Waals surface area contributed by atoms with Gasteiger partial charge in [0.15, 0.2) is 5.78 Å². The molecule has 1 saturated heterocycles. The van der Waals surface area contributed by atoms with Gasteiger partial charge in [0, 0.05) is 37.3 Å². The molecular weight excluding hydrogens is 435 g/mol. The van der Waals surface area contributed by atoms with E-state index in [1.54, 1.807) is 42.2 Å². The smallest absolute Gasteiger partial charge is 0.263 e. The maximum absolute atomic E-state index is 14.4. The van der Waals surface area contributed by atoms with Crippen LogP contribution in [0.2, 0.25) is 0 Å². The number of Topliss-reactive ketones (excluding diaryl/α,β-unsaturated/α-hetero) is 1. The van der Waals surface area contributed by atoms with Crippen LogP contribution >= 0.6 is 0 Å². The third-order valence-corrected chi connectivity index (χ3v) is 7.03. The van der Waals surface area contributed by atoms with Crippen molar-refractivity contribution in [3.63, 3.8) is 0 Å². The zero-order chi connectivity index (χ0) is 23.0. The minimum Gasteiger partial charge on any atom is -0.366 e. The molecule has 0 unspecified atom stereocenters.